The second-order valence-electron chi connectivity index (χ2n) is 5.12. The number of carbonyl (C=O) groups excluding carboxylic acids is 1. The van der Waals surface area contributed by atoms with Gasteiger partial charge in [0.1, 0.15) is 5.01 Å². The summed E-state index contributed by atoms with van der Waals surface area (Å²) >= 11 is 1.65. The molecule has 2 heterocycles. The number of aromatic nitrogens is 1. The van der Waals surface area contributed by atoms with Crippen LogP contribution >= 0.6 is 11.3 Å². The largest absolute Gasteiger partial charge is 0.311 e. The van der Waals surface area contributed by atoms with Crippen molar-refractivity contribution in [1.82, 2.24) is 9.88 Å². The number of likely N-dealkylation sites (N-methyl/N-ethyl adjacent to an activating group) is 1. The summed E-state index contributed by atoms with van der Waals surface area (Å²) in [5.74, 6) is 0.208. The van der Waals surface area contributed by atoms with Crippen molar-refractivity contribution in [3.63, 3.8) is 0 Å². The number of carbonyl (C=O) groups is 1. The zero-order valence-corrected chi connectivity index (χ0v) is 12.9. The molecule has 1 atom stereocenters. The van der Waals surface area contributed by atoms with Crippen molar-refractivity contribution in [3.05, 3.63) is 46.9 Å². The molecule has 0 aliphatic carbocycles. The van der Waals surface area contributed by atoms with Gasteiger partial charge in [0.2, 0.25) is 5.91 Å². The summed E-state index contributed by atoms with van der Waals surface area (Å²) in [6.07, 6.45) is 2.70. The summed E-state index contributed by atoms with van der Waals surface area (Å²) in [5.41, 5.74) is 0.996. The van der Waals surface area contributed by atoms with Crippen LogP contribution in [0.3, 0.4) is 0 Å². The van der Waals surface area contributed by atoms with Crippen LogP contribution in [0, 0.1) is 0 Å². The first kappa shape index (κ1) is 14.2. The monoisotopic (exact) mass is 301 g/mol. The van der Waals surface area contributed by atoms with E-state index in [2.05, 4.69) is 16.8 Å². The Labute approximate surface area is 129 Å². The smallest absolute Gasteiger partial charge is 0.244 e. The van der Waals surface area contributed by atoms with Crippen LogP contribution in [0.15, 0.2) is 41.9 Å². The molecule has 4 nitrogen and oxygen atoms in total. The van der Waals surface area contributed by atoms with Crippen LogP contribution in [0.2, 0.25) is 0 Å². The Balaban J connectivity index is 1.73. The third-order valence-electron chi connectivity index (χ3n) is 3.91. The standard InChI is InChI=1S/C16H19N3OS/c1-2-18(12-15-17-9-11-21-15)14-8-10-19(16(14)20)13-6-4-3-5-7-13/h3-7,9,11,14H,2,8,10,12H2,1H3/t14-/m0/s1. The van der Waals surface area contributed by atoms with Crippen LogP contribution in [-0.4, -0.2) is 34.9 Å². The number of hydrogen-bond acceptors (Lipinski definition) is 4. The van der Waals surface area contributed by atoms with Gasteiger partial charge in [0.15, 0.2) is 0 Å². The van der Waals surface area contributed by atoms with Crippen LogP contribution in [-0.2, 0) is 11.3 Å². The molecule has 0 N–H and O–H groups in total. The number of nitrogens with zero attached hydrogens (tertiary/aromatic N) is 3. The van der Waals surface area contributed by atoms with E-state index in [9.17, 15) is 4.79 Å². The molecular weight excluding hydrogens is 282 g/mol. The van der Waals surface area contributed by atoms with Gasteiger partial charge in [0.05, 0.1) is 12.6 Å². The fraction of sp³-hybridized carbons (Fsp3) is 0.375. The second kappa shape index (κ2) is 6.37. The molecule has 0 bridgehead atoms. The van der Waals surface area contributed by atoms with E-state index in [0.29, 0.717) is 0 Å². The molecular formula is C16H19N3OS. The maximum absolute atomic E-state index is 12.7. The highest BCUT2D eigenvalue weighted by molar-refractivity contribution is 7.09. The van der Waals surface area contributed by atoms with Gasteiger partial charge in [0, 0.05) is 23.8 Å². The predicted molar refractivity (Wildman–Crippen MR) is 85.4 cm³/mol. The molecule has 1 saturated heterocycles. The Morgan fingerprint density at radius 3 is 2.86 bits per heavy atom. The zero-order chi connectivity index (χ0) is 14.7. The van der Waals surface area contributed by atoms with Crippen molar-refractivity contribution < 1.29 is 4.79 Å². The highest BCUT2D eigenvalue weighted by Crippen LogP contribution is 2.25. The van der Waals surface area contributed by atoms with E-state index < -0.39 is 0 Å². The van der Waals surface area contributed by atoms with Crippen LogP contribution in [0.25, 0.3) is 0 Å². The Morgan fingerprint density at radius 1 is 1.38 bits per heavy atom. The Bertz CT molecular complexity index is 585. The minimum atomic E-state index is -0.0286. The zero-order valence-electron chi connectivity index (χ0n) is 12.1. The minimum Gasteiger partial charge on any atom is -0.311 e. The lowest BCUT2D eigenvalue weighted by Crippen LogP contribution is -2.41. The molecule has 0 unspecified atom stereocenters. The molecule has 1 aliphatic heterocycles. The predicted octanol–water partition coefficient (Wildman–Crippen LogP) is 2.77. The molecule has 1 aliphatic rings. The maximum Gasteiger partial charge on any atom is 0.244 e. The van der Waals surface area contributed by atoms with E-state index in [1.807, 2.05) is 46.8 Å². The average molecular weight is 301 g/mol. The molecule has 5 heteroatoms. The summed E-state index contributed by atoms with van der Waals surface area (Å²) in [6.45, 7) is 4.51. The molecule has 110 valence electrons. The second-order valence-corrected chi connectivity index (χ2v) is 6.10. The van der Waals surface area contributed by atoms with Crippen molar-refractivity contribution in [2.24, 2.45) is 0 Å². The molecule has 21 heavy (non-hydrogen) atoms. The van der Waals surface area contributed by atoms with Crippen molar-refractivity contribution >= 4 is 22.9 Å². The van der Waals surface area contributed by atoms with Crippen molar-refractivity contribution in [2.75, 3.05) is 18.0 Å². The topological polar surface area (TPSA) is 36.4 Å². The minimum absolute atomic E-state index is 0.0286. The fourth-order valence-electron chi connectivity index (χ4n) is 2.82. The van der Waals surface area contributed by atoms with Crippen LogP contribution in [0.4, 0.5) is 5.69 Å². The van der Waals surface area contributed by atoms with Crippen LogP contribution in [0.5, 0.6) is 0 Å². The van der Waals surface area contributed by atoms with Crippen molar-refractivity contribution in [1.29, 1.82) is 0 Å². The van der Waals surface area contributed by atoms with Gasteiger partial charge in [-0.15, -0.1) is 11.3 Å². The van der Waals surface area contributed by atoms with E-state index in [1.54, 1.807) is 11.3 Å². The Morgan fingerprint density at radius 2 is 2.19 bits per heavy atom. The van der Waals surface area contributed by atoms with Crippen LogP contribution in [0.1, 0.15) is 18.4 Å². The van der Waals surface area contributed by atoms with Gasteiger partial charge >= 0.3 is 0 Å². The molecule has 1 aromatic carbocycles. The highest BCUT2D eigenvalue weighted by atomic mass is 32.1. The van der Waals surface area contributed by atoms with Gasteiger partial charge < -0.3 is 4.90 Å². The van der Waals surface area contributed by atoms with E-state index in [1.165, 1.54) is 0 Å². The van der Waals surface area contributed by atoms with Gasteiger partial charge in [-0.05, 0) is 25.1 Å². The highest BCUT2D eigenvalue weighted by Gasteiger charge is 2.36. The lowest BCUT2D eigenvalue weighted by Gasteiger charge is -2.25. The number of benzene rings is 1. The number of thiazole rings is 1. The fourth-order valence-corrected chi connectivity index (χ4v) is 3.46. The summed E-state index contributed by atoms with van der Waals surface area (Å²) in [6, 6.07) is 9.89. The van der Waals surface area contributed by atoms with Crippen molar-refractivity contribution in [2.45, 2.75) is 25.9 Å². The summed E-state index contributed by atoms with van der Waals surface area (Å²) in [5, 5.41) is 3.05. The Hall–Kier alpha value is -1.72. The van der Waals surface area contributed by atoms with Gasteiger partial charge in [0.25, 0.3) is 0 Å². The molecule has 1 aromatic heterocycles. The number of para-hydroxylation sites is 1. The first-order valence-electron chi connectivity index (χ1n) is 7.28. The number of amides is 1. The number of anilines is 1. The molecule has 0 radical (unpaired) electrons. The summed E-state index contributed by atoms with van der Waals surface area (Å²) in [7, 11) is 0. The third-order valence-corrected chi connectivity index (χ3v) is 4.68. The lowest BCUT2D eigenvalue weighted by molar-refractivity contribution is -0.121. The summed E-state index contributed by atoms with van der Waals surface area (Å²) in [4.78, 5) is 21.2. The molecule has 1 fully saturated rings. The van der Waals surface area contributed by atoms with E-state index in [0.717, 1.165) is 36.8 Å². The molecule has 3 rings (SSSR count). The van der Waals surface area contributed by atoms with Crippen LogP contribution < -0.4 is 4.90 Å². The SMILES string of the molecule is CCN(Cc1nccs1)[C@H]1CCN(c2ccccc2)C1=O. The quantitative estimate of drug-likeness (QED) is 0.852. The summed E-state index contributed by atoms with van der Waals surface area (Å²) < 4.78 is 0. The van der Waals surface area contributed by atoms with Gasteiger partial charge in [-0.1, -0.05) is 25.1 Å². The van der Waals surface area contributed by atoms with E-state index in [-0.39, 0.29) is 11.9 Å². The van der Waals surface area contributed by atoms with Gasteiger partial charge in [-0.25, -0.2) is 4.98 Å². The maximum atomic E-state index is 12.7. The molecule has 1 amide bonds. The van der Waals surface area contributed by atoms with E-state index in [4.69, 9.17) is 0 Å². The lowest BCUT2D eigenvalue weighted by atomic mass is 10.2. The van der Waals surface area contributed by atoms with Gasteiger partial charge in [-0.2, -0.15) is 0 Å². The Kier molecular flexibility index (Phi) is 4.31. The first-order valence-corrected chi connectivity index (χ1v) is 8.16. The van der Waals surface area contributed by atoms with Gasteiger partial charge in [-0.3, -0.25) is 9.69 Å². The first-order chi connectivity index (χ1) is 10.3. The van der Waals surface area contributed by atoms with Crippen molar-refractivity contribution in [3.8, 4) is 0 Å². The average Bonchev–Trinajstić information content (AvgIpc) is 3.15. The normalized spacial score (nSPS) is 18.7. The molecule has 0 saturated carbocycles. The molecule has 0 spiro atoms. The third kappa shape index (κ3) is 2.99. The van der Waals surface area contributed by atoms with E-state index >= 15 is 0 Å². The molecule has 2 aromatic rings. The number of rotatable bonds is 5. The number of hydrogen-bond donors (Lipinski definition) is 0.